The molecule has 0 fully saturated rings. The fourth-order valence-electron chi connectivity index (χ4n) is 0.0747. The predicted octanol–water partition coefficient (Wildman–Crippen LogP) is 0.0474. The average molecular weight is 238 g/mol. The van der Waals surface area contributed by atoms with Gasteiger partial charge in [-0.05, 0) is 0 Å². The second kappa shape index (κ2) is 9.48. The van der Waals surface area contributed by atoms with E-state index in [1.54, 1.807) is 0 Å². The molecule has 0 atom stereocenters. The molecule has 5 nitrogen and oxygen atoms in total. The molecule has 0 aliphatic heterocycles. The van der Waals surface area contributed by atoms with Crippen molar-refractivity contribution >= 4 is 95.5 Å². The minimum atomic E-state index is -1.81. The van der Waals surface area contributed by atoms with E-state index in [-0.39, 0.29) is 88.9 Å². The van der Waals surface area contributed by atoms with E-state index in [2.05, 4.69) is 4.74 Å². The SMILES string of the molecule is O=C(O)OC(=O)O.[Ca+2].[H-].[H-].[H-].[H-].[Sr+2]. The van der Waals surface area contributed by atoms with Crippen molar-refractivity contribution in [2.75, 3.05) is 0 Å². The first kappa shape index (κ1) is 16.8. The standard InChI is InChI=1S/C2H2O5.Ca.Sr.4H/c3-1(4)7-2(5)6;;;;;;/h(H,3,4)(H,5,6);;;;;;/q;2*+2;4*-1. The van der Waals surface area contributed by atoms with Gasteiger partial charge in [-0.25, -0.2) is 9.59 Å². The van der Waals surface area contributed by atoms with Gasteiger partial charge in [0.15, 0.2) is 0 Å². The molecule has 0 unspecified atom stereocenters. The van der Waals surface area contributed by atoms with Crippen molar-refractivity contribution in [3.63, 3.8) is 0 Å². The molecule has 0 aromatic rings. The van der Waals surface area contributed by atoms with E-state index in [0.29, 0.717) is 0 Å². The Hall–Kier alpha value is 1.48. The summed E-state index contributed by atoms with van der Waals surface area (Å²) in [5, 5.41) is 15.0. The molecule has 0 aliphatic rings. The molecule has 7 heteroatoms. The first-order valence-electron chi connectivity index (χ1n) is 1.26. The fraction of sp³-hybridized carbons (Fsp3) is 0. The smallest absolute Gasteiger partial charge is 1.00 e. The van der Waals surface area contributed by atoms with Crippen LogP contribution in [0.15, 0.2) is 0 Å². The quantitative estimate of drug-likeness (QED) is 0.353. The van der Waals surface area contributed by atoms with Crippen molar-refractivity contribution in [1.82, 2.24) is 0 Å². The van der Waals surface area contributed by atoms with Gasteiger partial charge in [0.2, 0.25) is 0 Å². The molecule has 0 aromatic carbocycles. The molecule has 0 spiro atoms. The molecule has 48 valence electrons. The second-order valence-electron chi connectivity index (χ2n) is 0.634. The Morgan fingerprint density at radius 1 is 1.22 bits per heavy atom. The minimum absolute atomic E-state index is 0. The van der Waals surface area contributed by atoms with Crippen molar-refractivity contribution in [3.8, 4) is 0 Å². The van der Waals surface area contributed by atoms with Crippen molar-refractivity contribution < 1.29 is 30.2 Å². The van der Waals surface area contributed by atoms with Crippen molar-refractivity contribution in [1.29, 1.82) is 0 Å². The summed E-state index contributed by atoms with van der Waals surface area (Å²) in [5.74, 6) is 0. The van der Waals surface area contributed by atoms with E-state index in [0.717, 1.165) is 0 Å². The van der Waals surface area contributed by atoms with Gasteiger partial charge in [-0.3, -0.25) is 0 Å². The first-order valence-corrected chi connectivity index (χ1v) is 1.26. The second-order valence-corrected chi connectivity index (χ2v) is 0.634. The zero-order valence-corrected chi connectivity index (χ0v) is 10.2. The van der Waals surface area contributed by atoms with Crippen LogP contribution in [0, 0.1) is 0 Å². The Balaban J connectivity index is -0.0000000120. The summed E-state index contributed by atoms with van der Waals surface area (Å²) >= 11 is 0. The maximum absolute atomic E-state index is 9.21. The van der Waals surface area contributed by atoms with Gasteiger partial charge in [0, 0.05) is 0 Å². The number of hydrogen-bond acceptors (Lipinski definition) is 3. The number of carbonyl (C=O) groups is 2. The molecule has 0 saturated heterocycles. The Bertz CT molecular complexity index is 103. The maximum atomic E-state index is 9.21. The minimum Gasteiger partial charge on any atom is -1.00 e. The van der Waals surface area contributed by atoms with Crippen LogP contribution in [0.4, 0.5) is 9.59 Å². The molecule has 0 rings (SSSR count). The van der Waals surface area contributed by atoms with Crippen molar-refractivity contribution in [2.45, 2.75) is 0 Å². The summed E-state index contributed by atoms with van der Waals surface area (Å²) in [6.45, 7) is 0. The number of carboxylic acid groups (broad SMARTS) is 2. The van der Waals surface area contributed by atoms with Gasteiger partial charge in [-0.15, -0.1) is 0 Å². The van der Waals surface area contributed by atoms with Gasteiger partial charge in [0.25, 0.3) is 0 Å². The van der Waals surface area contributed by atoms with Gasteiger partial charge >= 0.3 is 95.5 Å². The Labute approximate surface area is 124 Å². The molecule has 0 bridgehead atoms. The van der Waals surface area contributed by atoms with Gasteiger partial charge in [0.1, 0.15) is 0 Å². The summed E-state index contributed by atoms with van der Waals surface area (Å²) in [7, 11) is 0. The Morgan fingerprint density at radius 2 is 1.44 bits per heavy atom. The molecule has 0 aromatic heterocycles. The normalized spacial score (nSPS) is 5.78. The van der Waals surface area contributed by atoms with Crippen LogP contribution in [0.1, 0.15) is 5.71 Å². The molecule has 0 aliphatic carbocycles. The van der Waals surface area contributed by atoms with Crippen LogP contribution in [0.3, 0.4) is 0 Å². The van der Waals surface area contributed by atoms with Gasteiger partial charge < -0.3 is 20.7 Å². The number of hydrogen-bond donors (Lipinski definition) is 2. The first-order chi connectivity index (χ1) is 3.13. The van der Waals surface area contributed by atoms with E-state index in [9.17, 15) is 9.59 Å². The van der Waals surface area contributed by atoms with Gasteiger partial charge in [-0.2, -0.15) is 0 Å². The molecule has 0 saturated carbocycles. The monoisotopic (exact) mass is 238 g/mol. The van der Waals surface area contributed by atoms with Crippen LogP contribution >= 0.6 is 0 Å². The van der Waals surface area contributed by atoms with Crippen LogP contribution in [-0.2, 0) is 4.74 Å². The Kier molecular flexibility index (Phi) is 17.7. The van der Waals surface area contributed by atoms with Crippen molar-refractivity contribution in [3.05, 3.63) is 0 Å². The van der Waals surface area contributed by atoms with E-state index < -0.39 is 12.3 Å². The summed E-state index contributed by atoms with van der Waals surface area (Å²) in [4.78, 5) is 18.4. The van der Waals surface area contributed by atoms with Crippen LogP contribution in [0.2, 0.25) is 0 Å². The van der Waals surface area contributed by atoms with Crippen molar-refractivity contribution in [2.24, 2.45) is 0 Å². The molecule has 2 N–H and O–H groups in total. The fourth-order valence-corrected chi connectivity index (χ4v) is 0.0747. The van der Waals surface area contributed by atoms with Gasteiger partial charge in [0.05, 0.1) is 0 Å². The van der Waals surface area contributed by atoms with Crippen LogP contribution < -0.4 is 0 Å². The zero-order chi connectivity index (χ0) is 5.86. The van der Waals surface area contributed by atoms with Crippen LogP contribution in [0.25, 0.3) is 0 Å². The molecular formula is C2H6CaO5Sr. The molecule has 9 heavy (non-hydrogen) atoms. The molecule has 0 amide bonds. The average Bonchev–Trinajstić information content (AvgIpc) is 1.27. The van der Waals surface area contributed by atoms with E-state index in [4.69, 9.17) is 10.2 Å². The third-order valence-electron chi connectivity index (χ3n) is 0.175. The summed E-state index contributed by atoms with van der Waals surface area (Å²) < 4.78 is 3.08. The van der Waals surface area contributed by atoms with E-state index >= 15 is 0 Å². The summed E-state index contributed by atoms with van der Waals surface area (Å²) in [5.41, 5.74) is 0. The van der Waals surface area contributed by atoms with E-state index in [1.807, 2.05) is 0 Å². The third-order valence-corrected chi connectivity index (χ3v) is 0.175. The largest absolute Gasteiger partial charge is 2.00 e. The zero-order valence-electron chi connectivity index (χ0n) is 8.53. The molecular weight excluding hydrogens is 232 g/mol. The topological polar surface area (TPSA) is 83.8 Å². The predicted molar refractivity (Wildman–Crippen MR) is 33.1 cm³/mol. The molecule has 0 heterocycles. The van der Waals surface area contributed by atoms with Crippen LogP contribution in [-0.4, -0.2) is 106 Å². The number of ether oxygens (including phenoxy) is 1. The summed E-state index contributed by atoms with van der Waals surface area (Å²) in [6.07, 6.45) is -3.62. The van der Waals surface area contributed by atoms with Crippen LogP contribution in [0.5, 0.6) is 0 Å². The summed E-state index contributed by atoms with van der Waals surface area (Å²) in [6, 6.07) is 0. The number of rotatable bonds is 0. The van der Waals surface area contributed by atoms with E-state index in [1.165, 1.54) is 0 Å². The third kappa shape index (κ3) is 17.7. The Morgan fingerprint density at radius 3 is 1.44 bits per heavy atom. The van der Waals surface area contributed by atoms with Gasteiger partial charge in [-0.1, -0.05) is 0 Å². The maximum Gasteiger partial charge on any atom is 2.00 e. The molecule has 0 radical (unpaired) electrons.